The fourth-order valence-corrected chi connectivity index (χ4v) is 3.43. The van der Waals surface area contributed by atoms with Crippen molar-refractivity contribution in [2.45, 2.75) is 45.6 Å². The van der Waals surface area contributed by atoms with Crippen molar-refractivity contribution in [1.29, 1.82) is 0 Å². The van der Waals surface area contributed by atoms with Crippen LogP contribution < -0.4 is 5.32 Å². The molecule has 0 spiro atoms. The van der Waals surface area contributed by atoms with Crippen LogP contribution in [-0.4, -0.2) is 29.8 Å². The SMILES string of the molecule is Cc1cccc(CNC(=O)C2CC2C(=O)N2CCCCCC2)c1. The molecule has 1 aliphatic heterocycles. The van der Waals surface area contributed by atoms with Crippen molar-refractivity contribution in [3.8, 4) is 0 Å². The van der Waals surface area contributed by atoms with E-state index in [4.69, 9.17) is 0 Å². The summed E-state index contributed by atoms with van der Waals surface area (Å²) in [6, 6.07) is 8.13. The van der Waals surface area contributed by atoms with Crippen molar-refractivity contribution in [3.63, 3.8) is 0 Å². The number of hydrogen-bond acceptors (Lipinski definition) is 2. The smallest absolute Gasteiger partial charge is 0.226 e. The van der Waals surface area contributed by atoms with Crippen molar-refractivity contribution in [3.05, 3.63) is 35.4 Å². The van der Waals surface area contributed by atoms with Gasteiger partial charge in [0.25, 0.3) is 0 Å². The largest absolute Gasteiger partial charge is 0.352 e. The molecule has 1 saturated carbocycles. The fourth-order valence-electron chi connectivity index (χ4n) is 3.43. The third-order valence-corrected chi connectivity index (χ3v) is 4.91. The molecule has 2 fully saturated rings. The van der Waals surface area contributed by atoms with Crippen molar-refractivity contribution in [1.82, 2.24) is 10.2 Å². The van der Waals surface area contributed by atoms with Crippen LogP contribution in [0.3, 0.4) is 0 Å². The van der Waals surface area contributed by atoms with E-state index in [1.54, 1.807) is 0 Å². The maximum atomic E-state index is 12.5. The minimum Gasteiger partial charge on any atom is -0.352 e. The lowest BCUT2D eigenvalue weighted by Crippen LogP contribution is -2.35. The quantitative estimate of drug-likeness (QED) is 0.929. The molecular weight excluding hydrogens is 288 g/mol. The molecule has 1 saturated heterocycles. The number of rotatable bonds is 4. The van der Waals surface area contributed by atoms with Crippen LogP contribution in [0.5, 0.6) is 0 Å². The van der Waals surface area contributed by atoms with E-state index in [0.717, 1.165) is 37.9 Å². The fraction of sp³-hybridized carbons (Fsp3) is 0.579. The van der Waals surface area contributed by atoms with E-state index in [1.807, 2.05) is 30.0 Å². The number of benzene rings is 1. The molecule has 1 aromatic rings. The van der Waals surface area contributed by atoms with Gasteiger partial charge in [0, 0.05) is 19.6 Å². The van der Waals surface area contributed by atoms with E-state index in [1.165, 1.54) is 18.4 Å². The first-order chi connectivity index (χ1) is 11.1. The predicted molar refractivity (Wildman–Crippen MR) is 89.7 cm³/mol. The number of nitrogens with zero attached hydrogens (tertiary/aromatic N) is 1. The normalized spacial score (nSPS) is 24.0. The highest BCUT2D eigenvalue weighted by Gasteiger charge is 2.49. The Labute approximate surface area is 138 Å². The summed E-state index contributed by atoms with van der Waals surface area (Å²) in [5.74, 6) is 0.0310. The number of hydrogen-bond donors (Lipinski definition) is 1. The molecule has 1 aliphatic carbocycles. The Balaban J connectivity index is 1.47. The molecule has 2 unspecified atom stereocenters. The van der Waals surface area contributed by atoms with E-state index in [-0.39, 0.29) is 23.7 Å². The summed E-state index contributed by atoms with van der Waals surface area (Å²) in [7, 11) is 0. The predicted octanol–water partition coefficient (Wildman–Crippen LogP) is 2.65. The van der Waals surface area contributed by atoms with Gasteiger partial charge in [-0.25, -0.2) is 0 Å². The second-order valence-electron chi connectivity index (χ2n) is 6.90. The van der Waals surface area contributed by atoms with Gasteiger partial charge in [-0.2, -0.15) is 0 Å². The van der Waals surface area contributed by atoms with Crippen LogP contribution in [0.2, 0.25) is 0 Å². The molecular formula is C19H26N2O2. The Morgan fingerprint density at radius 3 is 2.57 bits per heavy atom. The van der Waals surface area contributed by atoms with E-state index in [2.05, 4.69) is 11.4 Å². The van der Waals surface area contributed by atoms with Crippen LogP contribution in [0, 0.1) is 18.8 Å². The zero-order valence-corrected chi connectivity index (χ0v) is 13.9. The average Bonchev–Trinajstić information content (AvgIpc) is 3.35. The van der Waals surface area contributed by atoms with Crippen LogP contribution in [0.1, 0.15) is 43.2 Å². The molecule has 2 amide bonds. The Bertz CT molecular complexity index is 576. The molecule has 1 N–H and O–H groups in total. The first-order valence-corrected chi connectivity index (χ1v) is 8.77. The van der Waals surface area contributed by atoms with Gasteiger partial charge in [0.15, 0.2) is 0 Å². The summed E-state index contributed by atoms with van der Waals surface area (Å²) >= 11 is 0. The highest BCUT2D eigenvalue weighted by Crippen LogP contribution is 2.40. The van der Waals surface area contributed by atoms with E-state index in [9.17, 15) is 9.59 Å². The lowest BCUT2D eigenvalue weighted by molar-refractivity contribution is -0.134. The summed E-state index contributed by atoms with van der Waals surface area (Å²) in [5, 5.41) is 2.98. The van der Waals surface area contributed by atoms with Crippen molar-refractivity contribution in [2.75, 3.05) is 13.1 Å². The van der Waals surface area contributed by atoms with E-state index in [0.29, 0.717) is 6.54 Å². The molecule has 124 valence electrons. The molecule has 4 heteroatoms. The van der Waals surface area contributed by atoms with Gasteiger partial charge < -0.3 is 10.2 Å². The highest BCUT2D eigenvalue weighted by molar-refractivity contribution is 5.92. The number of likely N-dealkylation sites (tertiary alicyclic amines) is 1. The van der Waals surface area contributed by atoms with Gasteiger partial charge in [-0.1, -0.05) is 42.7 Å². The van der Waals surface area contributed by atoms with Crippen LogP contribution in [0.15, 0.2) is 24.3 Å². The molecule has 1 aromatic carbocycles. The third-order valence-electron chi connectivity index (χ3n) is 4.91. The van der Waals surface area contributed by atoms with Crippen molar-refractivity contribution < 1.29 is 9.59 Å². The number of amides is 2. The molecule has 3 rings (SSSR count). The van der Waals surface area contributed by atoms with Gasteiger partial charge in [0.05, 0.1) is 11.8 Å². The number of carbonyl (C=O) groups is 2. The highest BCUT2D eigenvalue weighted by atomic mass is 16.2. The third kappa shape index (κ3) is 4.12. The average molecular weight is 314 g/mol. The standard InChI is InChI=1S/C19H26N2O2/c1-14-7-6-8-15(11-14)13-20-18(22)16-12-17(16)19(23)21-9-4-2-3-5-10-21/h6-8,11,16-17H,2-5,9-10,12-13H2,1H3,(H,20,22). The molecule has 2 aliphatic rings. The van der Waals surface area contributed by atoms with Gasteiger partial charge in [-0.3, -0.25) is 9.59 Å². The lowest BCUT2D eigenvalue weighted by atomic mass is 10.1. The number of carbonyl (C=O) groups excluding carboxylic acids is 2. The molecule has 0 radical (unpaired) electrons. The Morgan fingerprint density at radius 2 is 1.87 bits per heavy atom. The van der Waals surface area contributed by atoms with Crippen molar-refractivity contribution in [2.24, 2.45) is 11.8 Å². The van der Waals surface area contributed by atoms with E-state index < -0.39 is 0 Å². The van der Waals surface area contributed by atoms with Crippen molar-refractivity contribution >= 4 is 11.8 Å². The zero-order chi connectivity index (χ0) is 16.2. The Kier molecular flexibility index (Phi) is 4.99. The minimum absolute atomic E-state index is 0.0275. The van der Waals surface area contributed by atoms with Crippen LogP contribution in [-0.2, 0) is 16.1 Å². The molecule has 2 atom stereocenters. The summed E-state index contributed by atoms with van der Waals surface area (Å²) in [6.07, 6.45) is 5.35. The van der Waals surface area contributed by atoms with Gasteiger partial charge in [0.2, 0.25) is 11.8 Å². The second kappa shape index (κ2) is 7.16. The molecule has 1 heterocycles. The first-order valence-electron chi connectivity index (χ1n) is 8.77. The molecule has 4 nitrogen and oxygen atoms in total. The molecule has 0 bridgehead atoms. The summed E-state index contributed by atoms with van der Waals surface area (Å²) in [5.41, 5.74) is 2.30. The Hall–Kier alpha value is -1.84. The number of nitrogens with one attached hydrogen (secondary N) is 1. The van der Waals surface area contributed by atoms with Crippen LogP contribution in [0.25, 0.3) is 0 Å². The van der Waals surface area contributed by atoms with Gasteiger partial charge in [-0.15, -0.1) is 0 Å². The Morgan fingerprint density at radius 1 is 1.13 bits per heavy atom. The van der Waals surface area contributed by atoms with Gasteiger partial charge in [-0.05, 0) is 31.7 Å². The van der Waals surface area contributed by atoms with Crippen LogP contribution in [0.4, 0.5) is 0 Å². The van der Waals surface area contributed by atoms with Crippen LogP contribution >= 0.6 is 0 Å². The topological polar surface area (TPSA) is 49.4 Å². The van der Waals surface area contributed by atoms with E-state index >= 15 is 0 Å². The maximum absolute atomic E-state index is 12.5. The second-order valence-corrected chi connectivity index (χ2v) is 6.90. The zero-order valence-electron chi connectivity index (χ0n) is 13.9. The summed E-state index contributed by atoms with van der Waals surface area (Å²) in [6.45, 7) is 4.32. The van der Waals surface area contributed by atoms with Gasteiger partial charge >= 0.3 is 0 Å². The lowest BCUT2D eigenvalue weighted by Gasteiger charge is -2.20. The summed E-state index contributed by atoms with van der Waals surface area (Å²) in [4.78, 5) is 26.7. The number of aryl methyl sites for hydroxylation is 1. The maximum Gasteiger partial charge on any atom is 0.226 e. The summed E-state index contributed by atoms with van der Waals surface area (Å²) < 4.78 is 0. The minimum atomic E-state index is -0.115. The first kappa shape index (κ1) is 16.0. The monoisotopic (exact) mass is 314 g/mol. The molecule has 0 aromatic heterocycles. The molecule has 23 heavy (non-hydrogen) atoms. The van der Waals surface area contributed by atoms with Gasteiger partial charge in [0.1, 0.15) is 0 Å².